The van der Waals surface area contributed by atoms with Crippen LogP contribution in [0.3, 0.4) is 0 Å². The molecule has 0 aromatic carbocycles. The Morgan fingerprint density at radius 3 is 2.69 bits per heavy atom. The second-order valence-electron chi connectivity index (χ2n) is 3.03. The van der Waals surface area contributed by atoms with E-state index in [2.05, 4.69) is 0 Å². The first-order valence-electron chi connectivity index (χ1n) is 4.60. The average Bonchev–Trinajstić information content (AvgIpc) is 2.15. The molecule has 4 nitrogen and oxygen atoms in total. The fourth-order valence-electron chi connectivity index (χ4n) is 0.952. The predicted molar refractivity (Wildman–Crippen MR) is 49.9 cm³/mol. The third-order valence-corrected chi connectivity index (χ3v) is 2.02. The smallest absolute Gasteiger partial charge is 0.245 e. The van der Waals surface area contributed by atoms with Crippen LogP contribution in [0.1, 0.15) is 32.6 Å². The lowest BCUT2D eigenvalue weighted by atomic mass is 10.1. The molecule has 0 saturated carbocycles. The molecule has 1 N–H and O–H groups in total. The van der Waals surface area contributed by atoms with Crippen LogP contribution in [-0.4, -0.2) is 36.3 Å². The monoisotopic (exact) mass is 189 g/mol. The molecule has 0 aliphatic heterocycles. The van der Waals surface area contributed by atoms with Crippen molar-refractivity contribution in [2.75, 3.05) is 14.2 Å². The van der Waals surface area contributed by atoms with Crippen molar-refractivity contribution in [3.8, 4) is 0 Å². The van der Waals surface area contributed by atoms with Crippen LogP contribution in [0, 0.1) is 0 Å². The minimum Gasteiger partial charge on any atom is -0.393 e. The number of aliphatic hydroxyl groups excluding tert-OH is 1. The highest BCUT2D eigenvalue weighted by molar-refractivity contribution is 5.74. The van der Waals surface area contributed by atoms with Gasteiger partial charge in [0.2, 0.25) is 5.91 Å². The van der Waals surface area contributed by atoms with E-state index in [9.17, 15) is 9.90 Å². The zero-order valence-electron chi connectivity index (χ0n) is 8.62. The SMILES string of the molecule is CC[C@H](O)CCCC(=O)N(C)OC. The Morgan fingerprint density at radius 2 is 2.23 bits per heavy atom. The highest BCUT2D eigenvalue weighted by atomic mass is 16.7. The lowest BCUT2D eigenvalue weighted by Crippen LogP contribution is -2.25. The Balaban J connectivity index is 3.47. The summed E-state index contributed by atoms with van der Waals surface area (Å²) in [5.41, 5.74) is 0. The second-order valence-corrected chi connectivity index (χ2v) is 3.03. The Bertz CT molecular complexity index is 150. The summed E-state index contributed by atoms with van der Waals surface area (Å²) in [7, 11) is 3.04. The molecule has 0 unspecified atom stereocenters. The molecule has 0 aliphatic rings. The van der Waals surface area contributed by atoms with Crippen LogP contribution in [0.2, 0.25) is 0 Å². The van der Waals surface area contributed by atoms with Crippen LogP contribution < -0.4 is 0 Å². The molecule has 0 aromatic heterocycles. The first-order valence-corrected chi connectivity index (χ1v) is 4.60. The van der Waals surface area contributed by atoms with Crippen molar-refractivity contribution >= 4 is 5.91 Å². The molecule has 13 heavy (non-hydrogen) atoms. The highest BCUT2D eigenvalue weighted by Crippen LogP contribution is 2.05. The molecule has 0 saturated heterocycles. The van der Waals surface area contributed by atoms with Gasteiger partial charge in [-0.1, -0.05) is 6.92 Å². The van der Waals surface area contributed by atoms with Gasteiger partial charge in [-0.15, -0.1) is 0 Å². The summed E-state index contributed by atoms with van der Waals surface area (Å²) in [6.07, 6.45) is 2.29. The summed E-state index contributed by atoms with van der Waals surface area (Å²) < 4.78 is 0. The van der Waals surface area contributed by atoms with Gasteiger partial charge in [0.1, 0.15) is 0 Å². The first kappa shape index (κ1) is 12.4. The first-order chi connectivity index (χ1) is 6.11. The van der Waals surface area contributed by atoms with Crippen molar-refractivity contribution in [2.24, 2.45) is 0 Å². The average molecular weight is 189 g/mol. The molecule has 0 rings (SSSR count). The molecule has 0 fully saturated rings. The normalized spacial score (nSPS) is 12.6. The Hall–Kier alpha value is -0.610. The van der Waals surface area contributed by atoms with E-state index in [0.29, 0.717) is 19.3 Å². The molecule has 0 heterocycles. The van der Waals surface area contributed by atoms with E-state index in [1.807, 2.05) is 6.92 Å². The summed E-state index contributed by atoms with van der Waals surface area (Å²) in [5.74, 6) is -0.0502. The van der Waals surface area contributed by atoms with Crippen molar-refractivity contribution in [3.05, 3.63) is 0 Å². The molecule has 4 heteroatoms. The molecule has 0 aliphatic carbocycles. The number of hydrogen-bond acceptors (Lipinski definition) is 3. The molecule has 1 amide bonds. The zero-order chi connectivity index (χ0) is 10.3. The fraction of sp³-hybridized carbons (Fsp3) is 0.889. The number of hydrogen-bond donors (Lipinski definition) is 1. The predicted octanol–water partition coefficient (Wildman–Crippen LogP) is 0.947. The number of carbonyl (C=O) groups excluding carboxylic acids is 1. The zero-order valence-corrected chi connectivity index (χ0v) is 8.62. The van der Waals surface area contributed by atoms with Gasteiger partial charge in [0.25, 0.3) is 0 Å². The van der Waals surface area contributed by atoms with Gasteiger partial charge in [0.15, 0.2) is 0 Å². The van der Waals surface area contributed by atoms with Crippen LogP contribution in [-0.2, 0) is 9.63 Å². The number of hydroxylamine groups is 2. The summed E-state index contributed by atoms with van der Waals surface area (Å²) in [6, 6.07) is 0. The number of aliphatic hydroxyl groups is 1. The Labute approximate surface area is 79.4 Å². The summed E-state index contributed by atoms with van der Waals surface area (Å²) >= 11 is 0. The van der Waals surface area contributed by atoms with Gasteiger partial charge in [-0.05, 0) is 19.3 Å². The molecule has 0 aromatic rings. The summed E-state index contributed by atoms with van der Waals surface area (Å²) in [5, 5.41) is 10.4. The number of nitrogens with zero attached hydrogens (tertiary/aromatic N) is 1. The Morgan fingerprint density at radius 1 is 1.62 bits per heavy atom. The minimum absolute atomic E-state index is 0.0502. The molecule has 0 bridgehead atoms. The maximum Gasteiger partial charge on any atom is 0.245 e. The second kappa shape index (κ2) is 6.86. The summed E-state index contributed by atoms with van der Waals surface area (Å²) in [6.45, 7) is 1.92. The van der Waals surface area contributed by atoms with Crippen molar-refractivity contribution in [3.63, 3.8) is 0 Å². The van der Waals surface area contributed by atoms with Gasteiger partial charge in [-0.3, -0.25) is 9.63 Å². The van der Waals surface area contributed by atoms with Gasteiger partial charge >= 0.3 is 0 Å². The molecule has 0 spiro atoms. The third kappa shape index (κ3) is 5.60. The molecule has 0 radical (unpaired) electrons. The highest BCUT2D eigenvalue weighted by Gasteiger charge is 2.08. The molecule has 1 atom stereocenters. The lowest BCUT2D eigenvalue weighted by molar-refractivity contribution is -0.168. The fourth-order valence-corrected chi connectivity index (χ4v) is 0.952. The standard InChI is InChI=1S/C9H19NO3/c1-4-8(11)6-5-7-9(12)10(2)13-3/h8,11H,4-7H2,1-3H3/t8-/m0/s1. The van der Waals surface area contributed by atoms with Crippen LogP contribution in [0.15, 0.2) is 0 Å². The Kier molecular flexibility index (Phi) is 6.54. The molecular weight excluding hydrogens is 170 g/mol. The maximum atomic E-state index is 11.2. The van der Waals surface area contributed by atoms with Crippen LogP contribution in [0.5, 0.6) is 0 Å². The van der Waals surface area contributed by atoms with Crippen LogP contribution in [0.25, 0.3) is 0 Å². The van der Waals surface area contributed by atoms with E-state index in [-0.39, 0.29) is 12.0 Å². The number of amides is 1. The lowest BCUT2D eigenvalue weighted by Gasteiger charge is -2.13. The van der Waals surface area contributed by atoms with E-state index in [1.54, 1.807) is 7.05 Å². The van der Waals surface area contributed by atoms with E-state index in [1.165, 1.54) is 12.2 Å². The molecule has 78 valence electrons. The van der Waals surface area contributed by atoms with Gasteiger partial charge < -0.3 is 5.11 Å². The summed E-state index contributed by atoms with van der Waals surface area (Å²) in [4.78, 5) is 15.9. The van der Waals surface area contributed by atoms with Crippen LogP contribution >= 0.6 is 0 Å². The minimum atomic E-state index is -0.277. The van der Waals surface area contributed by atoms with Crippen molar-refractivity contribution in [1.29, 1.82) is 0 Å². The number of carbonyl (C=O) groups is 1. The van der Waals surface area contributed by atoms with Crippen LogP contribution in [0.4, 0.5) is 0 Å². The van der Waals surface area contributed by atoms with Crippen molar-refractivity contribution in [1.82, 2.24) is 5.06 Å². The van der Waals surface area contributed by atoms with E-state index < -0.39 is 0 Å². The van der Waals surface area contributed by atoms with Gasteiger partial charge in [-0.25, -0.2) is 5.06 Å². The van der Waals surface area contributed by atoms with Crippen molar-refractivity contribution < 1.29 is 14.7 Å². The third-order valence-electron chi connectivity index (χ3n) is 2.02. The number of rotatable bonds is 6. The van der Waals surface area contributed by atoms with E-state index in [0.717, 1.165) is 6.42 Å². The molecular formula is C9H19NO3. The van der Waals surface area contributed by atoms with E-state index >= 15 is 0 Å². The van der Waals surface area contributed by atoms with Gasteiger partial charge in [-0.2, -0.15) is 0 Å². The maximum absolute atomic E-state index is 11.2. The van der Waals surface area contributed by atoms with Gasteiger partial charge in [0, 0.05) is 13.5 Å². The topological polar surface area (TPSA) is 49.8 Å². The van der Waals surface area contributed by atoms with Gasteiger partial charge in [0.05, 0.1) is 13.2 Å². The van der Waals surface area contributed by atoms with Crippen molar-refractivity contribution in [2.45, 2.75) is 38.7 Å². The quantitative estimate of drug-likeness (QED) is 0.633. The largest absolute Gasteiger partial charge is 0.393 e. The van der Waals surface area contributed by atoms with E-state index in [4.69, 9.17) is 4.84 Å².